The SMILES string of the molecule is CCOc1ccc(CCC(C)C)cc1OC. The van der Waals surface area contributed by atoms with E-state index in [0.717, 1.165) is 23.8 Å². The summed E-state index contributed by atoms with van der Waals surface area (Å²) in [4.78, 5) is 0. The van der Waals surface area contributed by atoms with Gasteiger partial charge in [0.2, 0.25) is 0 Å². The quantitative estimate of drug-likeness (QED) is 0.731. The molecule has 0 aliphatic carbocycles. The van der Waals surface area contributed by atoms with Crippen molar-refractivity contribution < 1.29 is 9.47 Å². The molecule has 1 aromatic rings. The van der Waals surface area contributed by atoms with Crippen LogP contribution < -0.4 is 9.47 Å². The molecule has 0 atom stereocenters. The second-order valence-corrected chi connectivity index (χ2v) is 4.35. The van der Waals surface area contributed by atoms with Crippen molar-refractivity contribution in [3.63, 3.8) is 0 Å². The minimum absolute atomic E-state index is 0.668. The van der Waals surface area contributed by atoms with E-state index in [2.05, 4.69) is 26.0 Å². The van der Waals surface area contributed by atoms with E-state index in [1.54, 1.807) is 7.11 Å². The van der Waals surface area contributed by atoms with Gasteiger partial charge in [0.25, 0.3) is 0 Å². The second kappa shape index (κ2) is 6.41. The second-order valence-electron chi connectivity index (χ2n) is 4.35. The Labute approximate surface area is 98.6 Å². The van der Waals surface area contributed by atoms with Gasteiger partial charge < -0.3 is 9.47 Å². The number of ether oxygens (including phenoxy) is 2. The van der Waals surface area contributed by atoms with E-state index in [0.29, 0.717) is 6.61 Å². The van der Waals surface area contributed by atoms with Gasteiger partial charge in [0.15, 0.2) is 11.5 Å². The Morgan fingerprint density at radius 3 is 2.50 bits per heavy atom. The Morgan fingerprint density at radius 1 is 1.19 bits per heavy atom. The average Bonchev–Trinajstić information content (AvgIpc) is 2.28. The van der Waals surface area contributed by atoms with Crippen LogP contribution in [0.4, 0.5) is 0 Å². The fourth-order valence-corrected chi connectivity index (χ4v) is 1.60. The number of aryl methyl sites for hydroxylation is 1. The van der Waals surface area contributed by atoms with Gasteiger partial charge >= 0.3 is 0 Å². The van der Waals surface area contributed by atoms with Crippen LogP contribution >= 0.6 is 0 Å². The van der Waals surface area contributed by atoms with Crippen molar-refractivity contribution in [2.24, 2.45) is 5.92 Å². The Hall–Kier alpha value is -1.18. The molecule has 0 spiro atoms. The minimum Gasteiger partial charge on any atom is -0.493 e. The lowest BCUT2D eigenvalue weighted by molar-refractivity contribution is 0.310. The van der Waals surface area contributed by atoms with Crippen molar-refractivity contribution in [3.05, 3.63) is 23.8 Å². The lowest BCUT2D eigenvalue weighted by atomic mass is 10.0. The van der Waals surface area contributed by atoms with Gasteiger partial charge in [-0.25, -0.2) is 0 Å². The Morgan fingerprint density at radius 2 is 1.94 bits per heavy atom. The van der Waals surface area contributed by atoms with Crippen molar-refractivity contribution in [2.75, 3.05) is 13.7 Å². The molecule has 1 aromatic carbocycles. The Bertz CT molecular complexity index is 319. The zero-order valence-corrected chi connectivity index (χ0v) is 10.7. The molecule has 1 rings (SSSR count). The van der Waals surface area contributed by atoms with Crippen LogP contribution in [-0.2, 0) is 6.42 Å². The molecule has 0 saturated heterocycles. The predicted molar refractivity (Wildman–Crippen MR) is 67.3 cm³/mol. The maximum atomic E-state index is 5.48. The molecule has 0 unspecified atom stereocenters. The monoisotopic (exact) mass is 222 g/mol. The van der Waals surface area contributed by atoms with Crippen LogP contribution in [0.15, 0.2) is 18.2 Å². The summed E-state index contributed by atoms with van der Waals surface area (Å²) in [5.74, 6) is 2.40. The third-order valence-electron chi connectivity index (χ3n) is 2.54. The molecular weight excluding hydrogens is 200 g/mol. The first-order valence-electron chi connectivity index (χ1n) is 5.97. The van der Waals surface area contributed by atoms with E-state index in [9.17, 15) is 0 Å². The maximum Gasteiger partial charge on any atom is 0.161 e. The van der Waals surface area contributed by atoms with Crippen molar-refractivity contribution in [2.45, 2.75) is 33.6 Å². The first-order valence-corrected chi connectivity index (χ1v) is 5.97. The molecule has 0 bridgehead atoms. The molecule has 2 nitrogen and oxygen atoms in total. The van der Waals surface area contributed by atoms with E-state index in [1.807, 2.05) is 13.0 Å². The highest BCUT2D eigenvalue weighted by Crippen LogP contribution is 2.28. The van der Waals surface area contributed by atoms with Gasteiger partial charge in [-0.05, 0) is 43.4 Å². The molecule has 0 saturated carbocycles. The summed E-state index contributed by atoms with van der Waals surface area (Å²) in [6.45, 7) is 7.13. The molecule has 2 heteroatoms. The average molecular weight is 222 g/mol. The third-order valence-corrected chi connectivity index (χ3v) is 2.54. The molecule has 90 valence electrons. The third kappa shape index (κ3) is 3.76. The van der Waals surface area contributed by atoms with Crippen LogP contribution in [0.5, 0.6) is 11.5 Å². The fraction of sp³-hybridized carbons (Fsp3) is 0.571. The number of methoxy groups -OCH3 is 1. The molecule has 0 aliphatic heterocycles. The van der Waals surface area contributed by atoms with Crippen LogP contribution in [-0.4, -0.2) is 13.7 Å². The van der Waals surface area contributed by atoms with Gasteiger partial charge in [-0.3, -0.25) is 0 Å². The van der Waals surface area contributed by atoms with E-state index >= 15 is 0 Å². The summed E-state index contributed by atoms with van der Waals surface area (Å²) in [5.41, 5.74) is 1.31. The van der Waals surface area contributed by atoms with E-state index in [1.165, 1.54) is 12.0 Å². The lowest BCUT2D eigenvalue weighted by Crippen LogP contribution is -1.97. The number of hydrogen-bond donors (Lipinski definition) is 0. The molecule has 0 N–H and O–H groups in total. The highest BCUT2D eigenvalue weighted by atomic mass is 16.5. The van der Waals surface area contributed by atoms with E-state index in [-0.39, 0.29) is 0 Å². The highest BCUT2D eigenvalue weighted by molar-refractivity contribution is 5.42. The van der Waals surface area contributed by atoms with Gasteiger partial charge in [0.05, 0.1) is 13.7 Å². The van der Waals surface area contributed by atoms with Gasteiger partial charge in [0.1, 0.15) is 0 Å². The van der Waals surface area contributed by atoms with Gasteiger partial charge in [-0.1, -0.05) is 19.9 Å². The van der Waals surface area contributed by atoms with Crippen LogP contribution in [0.1, 0.15) is 32.8 Å². The van der Waals surface area contributed by atoms with Gasteiger partial charge in [-0.2, -0.15) is 0 Å². The molecule has 0 aromatic heterocycles. The van der Waals surface area contributed by atoms with Gasteiger partial charge in [-0.15, -0.1) is 0 Å². The summed E-state index contributed by atoms with van der Waals surface area (Å²) in [5, 5.41) is 0. The van der Waals surface area contributed by atoms with Crippen LogP contribution in [0.3, 0.4) is 0 Å². The van der Waals surface area contributed by atoms with Crippen LogP contribution in [0.2, 0.25) is 0 Å². The minimum atomic E-state index is 0.668. The lowest BCUT2D eigenvalue weighted by Gasteiger charge is -2.11. The molecule has 16 heavy (non-hydrogen) atoms. The smallest absolute Gasteiger partial charge is 0.161 e. The van der Waals surface area contributed by atoms with E-state index < -0.39 is 0 Å². The Kier molecular flexibility index (Phi) is 5.17. The topological polar surface area (TPSA) is 18.5 Å². The standard InChI is InChI=1S/C14H22O2/c1-5-16-13-9-8-12(7-6-11(2)3)10-14(13)15-4/h8-11H,5-7H2,1-4H3. The molecule has 0 aliphatic rings. The predicted octanol–water partition coefficient (Wildman–Crippen LogP) is 3.68. The zero-order chi connectivity index (χ0) is 12.0. The van der Waals surface area contributed by atoms with Gasteiger partial charge in [0, 0.05) is 0 Å². The molecule has 0 heterocycles. The van der Waals surface area contributed by atoms with Crippen LogP contribution in [0.25, 0.3) is 0 Å². The molecular formula is C14H22O2. The zero-order valence-electron chi connectivity index (χ0n) is 10.7. The highest BCUT2D eigenvalue weighted by Gasteiger charge is 2.05. The molecule has 0 radical (unpaired) electrons. The van der Waals surface area contributed by atoms with E-state index in [4.69, 9.17) is 9.47 Å². The number of benzene rings is 1. The summed E-state index contributed by atoms with van der Waals surface area (Å²) in [6.07, 6.45) is 2.30. The largest absolute Gasteiger partial charge is 0.493 e. The van der Waals surface area contributed by atoms with Crippen molar-refractivity contribution in [3.8, 4) is 11.5 Å². The normalized spacial score (nSPS) is 10.6. The number of hydrogen-bond acceptors (Lipinski definition) is 2. The molecule has 0 amide bonds. The number of rotatable bonds is 6. The maximum absolute atomic E-state index is 5.48. The first kappa shape index (κ1) is 12.9. The van der Waals surface area contributed by atoms with Crippen LogP contribution in [0, 0.1) is 5.92 Å². The molecule has 0 fully saturated rings. The summed E-state index contributed by atoms with van der Waals surface area (Å²) >= 11 is 0. The summed E-state index contributed by atoms with van der Waals surface area (Å²) in [7, 11) is 1.68. The first-order chi connectivity index (χ1) is 7.67. The fourth-order valence-electron chi connectivity index (χ4n) is 1.60. The summed E-state index contributed by atoms with van der Waals surface area (Å²) < 4.78 is 10.8. The summed E-state index contributed by atoms with van der Waals surface area (Å²) in [6, 6.07) is 6.20. The Balaban J connectivity index is 2.74. The van der Waals surface area contributed by atoms with Crippen molar-refractivity contribution in [1.29, 1.82) is 0 Å². The van der Waals surface area contributed by atoms with Crippen molar-refractivity contribution >= 4 is 0 Å². The van der Waals surface area contributed by atoms with Crippen molar-refractivity contribution in [1.82, 2.24) is 0 Å².